The minimum absolute atomic E-state index is 0.0371. The van der Waals surface area contributed by atoms with Crippen LogP contribution in [0.5, 0.6) is 0 Å². The lowest BCUT2D eigenvalue weighted by atomic mass is 9.94. The summed E-state index contributed by atoms with van der Waals surface area (Å²) in [6, 6.07) is 4.29. The zero-order valence-corrected chi connectivity index (χ0v) is 14.2. The molecule has 2 aromatic rings. The molecule has 0 unspecified atom stereocenters. The third-order valence-corrected chi connectivity index (χ3v) is 4.56. The third-order valence-electron chi connectivity index (χ3n) is 2.35. The van der Waals surface area contributed by atoms with Crippen LogP contribution in [0.3, 0.4) is 0 Å². The lowest BCUT2D eigenvalue weighted by Gasteiger charge is -2.12. The number of hydrogen-bond donors (Lipinski definition) is 0. The summed E-state index contributed by atoms with van der Waals surface area (Å²) < 4.78 is 7.07. The molecule has 0 spiro atoms. The SMILES string of the molecule is CC.Cc1ccc(SCc2ncc(C(C)(C)C)o2)s1. The Morgan fingerprint density at radius 3 is 2.42 bits per heavy atom. The predicted octanol–water partition coefficient (Wildman–Crippen LogP) is 5.66. The molecule has 0 aromatic carbocycles. The molecular formula is C15H23NOS2. The van der Waals surface area contributed by atoms with Gasteiger partial charge in [-0.15, -0.1) is 23.1 Å². The van der Waals surface area contributed by atoms with Gasteiger partial charge in [0.2, 0.25) is 5.89 Å². The van der Waals surface area contributed by atoms with Gasteiger partial charge in [-0.05, 0) is 19.1 Å². The molecule has 0 fully saturated rings. The molecule has 0 atom stereocenters. The number of aryl methyl sites for hydroxylation is 1. The lowest BCUT2D eigenvalue weighted by Crippen LogP contribution is -2.09. The maximum absolute atomic E-state index is 5.75. The topological polar surface area (TPSA) is 26.0 Å². The Kier molecular flexibility index (Phi) is 6.14. The van der Waals surface area contributed by atoms with E-state index in [0.717, 1.165) is 17.4 Å². The minimum atomic E-state index is 0.0371. The fraction of sp³-hybridized carbons (Fsp3) is 0.533. The second kappa shape index (κ2) is 7.15. The van der Waals surface area contributed by atoms with E-state index in [4.69, 9.17) is 4.42 Å². The number of thioether (sulfide) groups is 1. The van der Waals surface area contributed by atoms with Crippen molar-refractivity contribution in [2.24, 2.45) is 0 Å². The monoisotopic (exact) mass is 297 g/mol. The number of nitrogens with zero attached hydrogens (tertiary/aromatic N) is 1. The van der Waals surface area contributed by atoms with Crippen molar-refractivity contribution >= 4 is 23.1 Å². The predicted molar refractivity (Wildman–Crippen MR) is 85.2 cm³/mol. The van der Waals surface area contributed by atoms with Gasteiger partial charge >= 0.3 is 0 Å². The Balaban J connectivity index is 0.000000861. The van der Waals surface area contributed by atoms with Gasteiger partial charge < -0.3 is 4.42 Å². The van der Waals surface area contributed by atoms with Gasteiger partial charge in [-0.2, -0.15) is 0 Å². The van der Waals surface area contributed by atoms with E-state index in [0.29, 0.717) is 0 Å². The summed E-state index contributed by atoms with van der Waals surface area (Å²) >= 11 is 3.59. The van der Waals surface area contributed by atoms with Crippen LogP contribution < -0.4 is 0 Å². The van der Waals surface area contributed by atoms with Crippen molar-refractivity contribution in [3.8, 4) is 0 Å². The van der Waals surface area contributed by atoms with Gasteiger partial charge in [-0.3, -0.25) is 0 Å². The molecule has 0 aliphatic carbocycles. The number of rotatable bonds is 3. The van der Waals surface area contributed by atoms with Crippen molar-refractivity contribution in [2.75, 3.05) is 0 Å². The molecule has 2 nitrogen and oxygen atoms in total. The van der Waals surface area contributed by atoms with Crippen molar-refractivity contribution in [1.29, 1.82) is 0 Å². The summed E-state index contributed by atoms with van der Waals surface area (Å²) in [6.07, 6.45) is 1.84. The normalized spacial score (nSPS) is 11.1. The quantitative estimate of drug-likeness (QED) is 0.684. The van der Waals surface area contributed by atoms with Crippen LogP contribution in [0.1, 0.15) is 51.1 Å². The zero-order valence-electron chi connectivity index (χ0n) is 12.6. The smallest absolute Gasteiger partial charge is 0.204 e. The molecule has 106 valence electrons. The number of thiophene rings is 1. The van der Waals surface area contributed by atoms with Crippen LogP contribution in [0.2, 0.25) is 0 Å². The standard InChI is InChI=1S/C13H17NOS2.C2H6/c1-9-5-6-12(17-9)16-8-11-14-7-10(15-11)13(2,3)4;1-2/h5-7H,8H2,1-4H3;1-2H3. The van der Waals surface area contributed by atoms with Crippen molar-refractivity contribution in [1.82, 2.24) is 4.98 Å². The Bertz CT molecular complexity index is 494. The molecule has 0 saturated heterocycles. The largest absolute Gasteiger partial charge is 0.444 e. The average molecular weight is 297 g/mol. The second-order valence-corrected chi connectivity index (χ2v) is 7.59. The van der Waals surface area contributed by atoms with Crippen LogP contribution in [-0.2, 0) is 11.2 Å². The summed E-state index contributed by atoms with van der Waals surface area (Å²) in [5.74, 6) is 2.57. The van der Waals surface area contributed by atoms with E-state index in [1.807, 2.05) is 31.4 Å². The van der Waals surface area contributed by atoms with Gasteiger partial charge in [-0.25, -0.2) is 4.98 Å². The maximum Gasteiger partial charge on any atom is 0.204 e. The molecule has 2 aromatic heterocycles. The van der Waals surface area contributed by atoms with E-state index >= 15 is 0 Å². The molecule has 2 heterocycles. The molecule has 0 aliphatic heterocycles. The summed E-state index contributed by atoms with van der Waals surface area (Å²) in [5.41, 5.74) is 0.0371. The van der Waals surface area contributed by atoms with Crippen LogP contribution in [0.25, 0.3) is 0 Å². The van der Waals surface area contributed by atoms with Gasteiger partial charge in [0.1, 0.15) is 5.76 Å². The minimum Gasteiger partial charge on any atom is -0.444 e. The Morgan fingerprint density at radius 1 is 1.26 bits per heavy atom. The summed E-state index contributed by atoms with van der Waals surface area (Å²) in [6.45, 7) is 12.5. The third kappa shape index (κ3) is 5.03. The van der Waals surface area contributed by atoms with Gasteiger partial charge in [0.05, 0.1) is 16.2 Å². The van der Waals surface area contributed by atoms with Crippen LogP contribution in [0.15, 0.2) is 27.0 Å². The van der Waals surface area contributed by atoms with E-state index in [9.17, 15) is 0 Å². The van der Waals surface area contributed by atoms with Crippen molar-refractivity contribution in [3.63, 3.8) is 0 Å². The van der Waals surface area contributed by atoms with Gasteiger partial charge in [-0.1, -0.05) is 34.6 Å². The molecule has 2 rings (SSSR count). The number of aromatic nitrogens is 1. The molecule has 0 N–H and O–H groups in total. The van der Waals surface area contributed by atoms with Gasteiger partial charge in [0, 0.05) is 10.3 Å². The van der Waals surface area contributed by atoms with E-state index < -0.39 is 0 Å². The van der Waals surface area contributed by atoms with Crippen LogP contribution in [0.4, 0.5) is 0 Å². The first-order valence-corrected chi connectivity index (χ1v) is 8.40. The molecular weight excluding hydrogens is 274 g/mol. The molecule has 0 saturated carbocycles. The highest BCUT2D eigenvalue weighted by Gasteiger charge is 2.19. The fourth-order valence-corrected chi connectivity index (χ4v) is 3.31. The first kappa shape index (κ1) is 16.3. The maximum atomic E-state index is 5.75. The Labute approximate surface area is 124 Å². The molecule has 0 radical (unpaired) electrons. The summed E-state index contributed by atoms with van der Waals surface area (Å²) in [5, 5.41) is 0. The van der Waals surface area contributed by atoms with Gasteiger partial charge in [0.25, 0.3) is 0 Å². The van der Waals surface area contributed by atoms with Crippen LogP contribution in [0, 0.1) is 6.92 Å². The molecule has 4 heteroatoms. The first-order valence-electron chi connectivity index (χ1n) is 6.59. The first-order chi connectivity index (χ1) is 8.95. The fourth-order valence-electron chi connectivity index (χ4n) is 1.35. The lowest BCUT2D eigenvalue weighted by molar-refractivity contribution is 0.391. The van der Waals surface area contributed by atoms with Crippen molar-refractivity contribution < 1.29 is 4.42 Å². The molecule has 0 aliphatic rings. The molecule has 0 bridgehead atoms. The number of hydrogen-bond acceptors (Lipinski definition) is 4. The van der Waals surface area contributed by atoms with Crippen molar-refractivity contribution in [3.05, 3.63) is 34.9 Å². The molecule has 0 amide bonds. The number of oxazole rings is 1. The summed E-state index contributed by atoms with van der Waals surface area (Å²) in [4.78, 5) is 5.66. The van der Waals surface area contributed by atoms with Gasteiger partial charge in [0.15, 0.2) is 0 Å². The zero-order chi connectivity index (χ0) is 14.5. The summed E-state index contributed by atoms with van der Waals surface area (Å²) in [7, 11) is 0. The highest BCUT2D eigenvalue weighted by Crippen LogP contribution is 2.30. The highest BCUT2D eigenvalue weighted by atomic mass is 32.2. The van der Waals surface area contributed by atoms with E-state index in [2.05, 4.69) is 44.8 Å². The Morgan fingerprint density at radius 2 is 1.95 bits per heavy atom. The average Bonchev–Trinajstić information content (AvgIpc) is 2.97. The van der Waals surface area contributed by atoms with Crippen LogP contribution in [-0.4, -0.2) is 4.98 Å². The Hall–Kier alpha value is -0.740. The van der Waals surface area contributed by atoms with E-state index in [1.54, 1.807) is 11.8 Å². The second-order valence-electron chi connectivity index (χ2n) is 5.02. The van der Waals surface area contributed by atoms with Crippen molar-refractivity contribution in [2.45, 2.75) is 56.9 Å². The van der Waals surface area contributed by atoms with E-state index in [-0.39, 0.29) is 5.41 Å². The highest BCUT2D eigenvalue weighted by molar-refractivity contribution is 8.00. The molecule has 19 heavy (non-hydrogen) atoms. The van der Waals surface area contributed by atoms with E-state index in [1.165, 1.54) is 9.09 Å². The van der Waals surface area contributed by atoms with Crippen LogP contribution >= 0.6 is 23.1 Å².